The quantitative estimate of drug-likeness (QED) is 0.179. The molecule has 0 aliphatic heterocycles. The molecule has 31 heavy (non-hydrogen) atoms. The van der Waals surface area contributed by atoms with E-state index >= 15 is 0 Å². The van der Waals surface area contributed by atoms with Gasteiger partial charge in [-0.15, -0.1) is 0 Å². The van der Waals surface area contributed by atoms with E-state index in [-0.39, 0.29) is 17.9 Å². The fourth-order valence-corrected chi connectivity index (χ4v) is 2.99. The third-order valence-corrected chi connectivity index (χ3v) is 4.53. The van der Waals surface area contributed by atoms with E-state index in [1.54, 1.807) is 36.0 Å². The Kier molecular flexibility index (Phi) is 6.66. The SMILES string of the molecule is CO/C=C(\C(=O)OC)c1ccccc1COc1cc(-c2ccc([N+](=O)[O-])cc2)nn1C. The smallest absolute Gasteiger partial charge is 0.341 e. The van der Waals surface area contributed by atoms with Crippen LogP contribution in [-0.4, -0.2) is 34.9 Å². The van der Waals surface area contributed by atoms with E-state index in [1.165, 1.54) is 32.6 Å². The highest BCUT2D eigenvalue weighted by molar-refractivity contribution is 6.16. The molecule has 160 valence electrons. The number of methoxy groups -OCH3 is 2. The van der Waals surface area contributed by atoms with Gasteiger partial charge >= 0.3 is 5.97 Å². The van der Waals surface area contributed by atoms with Gasteiger partial charge in [-0.2, -0.15) is 5.10 Å². The molecule has 1 aromatic heterocycles. The summed E-state index contributed by atoms with van der Waals surface area (Å²) in [6.45, 7) is 0.174. The third-order valence-electron chi connectivity index (χ3n) is 4.53. The van der Waals surface area contributed by atoms with Gasteiger partial charge in [0.05, 0.1) is 31.1 Å². The molecule has 0 radical (unpaired) electrons. The Hall–Kier alpha value is -4.14. The van der Waals surface area contributed by atoms with Gasteiger partial charge in [0.1, 0.15) is 12.2 Å². The molecular weight excluding hydrogens is 402 g/mol. The molecule has 0 atom stereocenters. The van der Waals surface area contributed by atoms with Crippen LogP contribution in [0.2, 0.25) is 0 Å². The summed E-state index contributed by atoms with van der Waals surface area (Å²) >= 11 is 0. The summed E-state index contributed by atoms with van der Waals surface area (Å²) in [6.07, 6.45) is 1.33. The first-order valence-corrected chi connectivity index (χ1v) is 9.25. The maximum absolute atomic E-state index is 12.1. The number of nitro benzene ring substituents is 1. The van der Waals surface area contributed by atoms with Gasteiger partial charge in [0, 0.05) is 30.8 Å². The fourth-order valence-electron chi connectivity index (χ4n) is 2.99. The standard InChI is InChI=1S/C22H21N3O6/c1-24-21(12-20(23-24)15-8-10-17(11-9-15)25(27)28)31-13-16-6-4-5-7-18(16)19(14-29-2)22(26)30-3/h4-12,14H,13H2,1-3H3/b19-14-. The lowest BCUT2D eigenvalue weighted by atomic mass is 10.0. The minimum absolute atomic E-state index is 0.0123. The second-order valence-corrected chi connectivity index (χ2v) is 6.50. The molecule has 2 aromatic carbocycles. The van der Waals surface area contributed by atoms with Crippen LogP contribution in [-0.2, 0) is 27.9 Å². The zero-order valence-corrected chi connectivity index (χ0v) is 17.3. The summed E-state index contributed by atoms with van der Waals surface area (Å²) in [5.74, 6) is -0.0196. The number of nitro groups is 1. The van der Waals surface area contributed by atoms with Crippen molar-refractivity contribution in [3.8, 4) is 17.1 Å². The lowest BCUT2D eigenvalue weighted by Crippen LogP contribution is -2.09. The van der Waals surface area contributed by atoms with Crippen LogP contribution in [0.4, 0.5) is 5.69 Å². The highest BCUT2D eigenvalue weighted by atomic mass is 16.6. The molecular formula is C22H21N3O6. The summed E-state index contributed by atoms with van der Waals surface area (Å²) in [7, 11) is 4.50. The van der Waals surface area contributed by atoms with E-state index in [1.807, 2.05) is 18.2 Å². The van der Waals surface area contributed by atoms with Crippen molar-refractivity contribution in [3.05, 3.63) is 82.1 Å². The summed E-state index contributed by atoms with van der Waals surface area (Å²) in [6, 6.07) is 15.2. The number of ether oxygens (including phenoxy) is 3. The molecule has 0 saturated carbocycles. The van der Waals surface area contributed by atoms with E-state index in [0.717, 1.165) is 11.1 Å². The Morgan fingerprint density at radius 3 is 2.52 bits per heavy atom. The van der Waals surface area contributed by atoms with Gasteiger partial charge in [0.15, 0.2) is 0 Å². The van der Waals surface area contributed by atoms with Crippen LogP contribution in [0.5, 0.6) is 5.88 Å². The molecule has 0 aliphatic rings. The van der Waals surface area contributed by atoms with Crippen LogP contribution in [0.1, 0.15) is 11.1 Å². The van der Waals surface area contributed by atoms with Crippen molar-refractivity contribution in [1.82, 2.24) is 9.78 Å². The molecule has 0 unspecified atom stereocenters. The first kappa shape index (κ1) is 21.6. The minimum atomic E-state index is -0.518. The summed E-state index contributed by atoms with van der Waals surface area (Å²) in [4.78, 5) is 22.5. The number of hydrogen-bond donors (Lipinski definition) is 0. The molecule has 1 heterocycles. The lowest BCUT2D eigenvalue weighted by Gasteiger charge is -2.12. The molecule has 0 bridgehead atoms. The van der Waals surface area contributed by atoms with Gasteiger partial charge in [-0.25, -0.2) is 9.48 Å². The minimum Gasteiger partial charge on any atom is -0.503 e. The van der Waals surface area contributed by atoms with Crippen molar-refractivity contribution in [2.24, 2.45) is 7.05 Å². The summed E-state index contributed by atoms with van der Waals surface area (Å²) in [5.41, 5.74) is 3.03. The van der Waals surface area contributed by atoms with Crippen LogP contribution in [0.25, 0.3) is 16.8 Å². The van der Waals surface area contributed by atoms with Crippen molar-refractivity contribution in [2.75, 3.05) is 14.2 Å². The number of non-ortho nitro benzene ring substituents is 1. The van der Waals surface area contributed by atoms with Gasteiger partial charge in [-0.05, 0) is 23.3 Å². The zero-order chi connectivity index (χ0) is 22.4. The average Bonchev–Trinajstić information content (AvgIpc) is 3.16. The highest BCUT2D eigenvalue weighted by Gasteiger charge is 2.17. The van der Waals surface area contributed by atoms with E-state index < -0.39 is 10.9 Å². The maximum atomic E-state index is 12.1. The van der Waals surface area contributed by atoms with E-state index in [0.29, 0.717) is 17.1 Å². The van der Waals surface area contributed by atoms with Gasteiger partial charge in [0.2, 0.25) is 5.88 Å². The molecule has 9 heteroatoms. The van der Waals surface area contributed by atoms with Crippen molar-refractivity contribution in [1.29, 1.82) is 0 Å². The Labute approximate surface area is 178 Å². The van der Waals surface area contributed by atoms with Gasteiger partial charge in [0.25, 0.3) is 5.69 Å². The van der Waals surface area contributed by atoms with Gasteiger partial charge < -0.3 is 14.2 Å². The van der Waals surface area contributed by atoms with Crippen LogP contribution in [0, 0.1) is 10.1 Å². The van der Waals surface area contributed by atoms with Crippen molar-refractivity contribution in [2.45, 2.75) is 6.61 Å². The molecule has 3 aromatic rings. The third kappa shape index (κ3) is 4.89. The van der Waals surface area contributed by atoms with Crippen molar-refractivity contribution >= 4 is 17.2 Å². The predicted octanol–water partition coefficient (Wildman–Crippen LogP) is 3.73. The Balaban J connectivity index is 1.82. The predicted molar refractivity (Wildman–Crippen MR) is 113 cm³/mol. The molecule has 0 fully saturated rings. The van der Waals surface area contributed by atoms with Gasteiger partial charge in [-0.3, -0.25) is 10.1 Å². The molecule has 0 N–H and O–H groups in total. The molecule has 0 spiro atoms. The number of carbonyl (C=O) groups is 1. The first-order valence-electron chi connectivity index (χ1n) is 9.25. The van der Waals surface area contributed by atoms with Crippen molar-refractivity contribution in [3.63, 3.8) is 0 Å². The number of hydrogen-bond acceptors (Lipinski definition) is 7. The molecule has 0 aliphatic carbocycles. The topological polar surface area (TPSA) is 106 Å². The number of esters is 1. The Morgan fingerprint density at radius 2 is 1.87 bits per heavy atom. The highest BCUT2D eigenvalue weighted by Crippen LogP contribution is 2.27. The van der Waals surface area contributed by atoms with E-state index in [4.69, 9.17) is 14.2 Å². The molecule has 3 rings (SSSR count). The first-order chi connectivity index (χ1) is 14.9. The second-order valence-electron chi connectivity index (χ2n) is 6.50. The van der Waals surface area contributed by atoms with Gasteiger partial charge in [-0.1, -0.05) is 24.3 Å². The number of carbonyl (C=O) groups excluding carboxylic acids is 1. The average molecular weight is 423 g/mol. The molecule has 9 nitrogen and oxygen atoms in total. The summed E-state index contributed by atoms with van der Waals surface area (Å²) < 4.78 is 17.4. The van der Waals surface area contributed by atoms with Crippen LogP contribution < -0.4 is 4.74 Å². The fraction of sp³-hybridized carbons (Fsp3) is 0.182. The maximum Gasteiger partial charge on any atom is 0.341 e. The van der Waals surface area contributed by atoms with E-state index in [9.17, 15) is 14.9 Å². The second kappa shape index (κ2) is 9.57. The lowest BCUT2D eigenvalue weighted by molar-refractivity contribution is -0.384. The normalized spacial score (nSPS) is 11.1. The number of rotatable bonds is 8. The summed E-state index contributed by atoms with van der Waals surface area (Å²) in [5, 5.41) is 15.2. The Morgan fingerprint density at radius 1 is 1.16 bits per heavy atom. The Bertz CT molecular complexity index is 1120. The number of nitrogens with zero attached hydrogens (tertiary/aromatic N) is 3. The largest absolute Gasteiger partial charge is 0.503 e. The molecule has 0 amide bonds. The van der Waals surface area contributed by atoms with Crippen LogP contribution in [0.15, 0.2) is 60.9 Å². The van der Waals surface area contributed by atoms with Crippen LogP contribution in [0.3, 0.4) is 0 Å². The van der Waals surface area contributed by atoms with Crippen molar-refractivity contribution < 1.29 is 23.9 Å². The number of benzene rings is 2. The monoisotopic (exact) mass is 423 g/mol. The number of aryl methyl sites for hydroxylation is 1. The number of aromatic nitrogens is 2. The molecule has 0 saturated heterocycles. The zero-order valence-electron chi connectivity index (χ0n) is 17.3. The van der Waals surface area contributed by atoms with E-state index in [2.05, 4.69) is 5.10 Å². The van der Waals surface area contributed by atoms with Crippen LogP contribution >= 0.6 is 0 Å².